The molecule has 6 aromatic rings. The van der Waals surface area contributed by atoms with E-state index < -0.39 is 0 Å². The quantitative estimate of drug-likeness (QED) is 0.177. The molecule has 6 heterocycles. The molecule has 50 heavy (non-hydrogen) atoms. The Bertz CT molecular complexity index is 1950. The summed E-state index contributed by atoms with van der Waals surface area (Å²) in [5.41, 5.74) is 10.6. The average Bonchev–Trinajstić information content (AvgIpc) is 3.71. The number of benzene rings is 6. The van der Waals surface area contributed by atoms with Gasteiger partial charge in [-0.05, 0) is 22.3 Å². The summed E-state index contributed by atoms with van der Waals surface area (Å²) in [6, 6.07) is 63.7. The topological polar surface area (TPSA) is 12.5 Å². The first-order valence-electron chi connectivity index (χ1n) is 17.9. The lowest BCUT2D eigenvalue weighted by Crippen LogP contribution is -2.26. The molecule has 6 aliphatic heterocycles. The minimum Gasteiger partial charge on any atom is -0.252 e. The van der Waals surface area contributed by atoms with E-state index in [2.05, 4.69) is 201 Å². The molecule has 0 aliphatic carbocycles. The second kappa shape index (κ2) is 13.3. The molecule has 0 saturated heterocycles. The Balaban J connectivity index is 1.14. The zero-order valence-electron chi connectivity index (χ0n) is 28.2. The fourth-order valence-corrected chi connectivity index (χ4v) is 8.39. The van der Waals surface area contributed by atoms with Gasteiger partial charge < -0.3 is 0 Å². The lowest BCUT2D eigenvalue weighted by Gasteiger charge is -2.25. The molecule has 4 heteroatoms. The van der Waals surface area contributed by atoms with Crippen LogP contribution < -0.4 is 0 Å². The highest BCUT2D eigenvalue weighted by molar-refractivity contribution is 5.56. The molecular weight excluding hydrogens is 609 g/mol. The molecular formula is C46H42N4+2. The minimum atomic E-state index is 0.186. The van der Waals surface area contributed by atoms with Crippen molar-refractivity contribution < 1.29 is 9.15 Å². The van der Waals surface area contributed by atoms with E-state index in [9.17, 15) is 0 Å². The zero-order valence-corrected chi connectivity index (χ0v) is 28.2. The Morgan fingerprint density at radius 3 is 0.980 bits per heavy atom. The number of rotatable bonds is 4. The van der Waals surface area contributed by atoms with E-state index in [-0.39, 0.29) is 24.2 Å². The van der Waals surface area contributed by atoms with Gasteiger partial charge in [0.05, 0.1) is 0 Å². The third-order valence-corrected chi connectivity index (χ3v) is 10.7. The van der Waals surface area contributed by atoms with Gasteiger partial charge in [-0.2, -0.15) is 0 Å². The van der Waals surface area contributed by atoms with Gasteiger partial charge in [-0.3, -0.25) is 19.0 Å². The van der Waals surface area contributed by atoms with E-state index in [1.54, 1.807) is 0 Å². The van der Waals surface area contributed by atoms with Crippen molar-refractivity contribution >= 4 is 12.7 Å². The molecule has 4 nitrogen and oxygen atoms in total. The fourth-order valence-electron chi connectivity index (χ4n) is 8.39. The predicted molar refractivity (Wildman–Crippen MR) is 201 cm³/mol. The van der Waals surface area contributed by atoms with Crippen molar-refractivity contribution in [3.63, 3.8) is 0 Å². The molecule has 8 bridgehead atoms. The number of nitrogens with zero attached hydrogens (tertiary/aromatic N) is 4. The highest BCUT2D eigenvalue weighted by Crippen LogP contribution is 2.43. The van der Waals surface area contributed by atoms with Crippen molar-refractivity contribution in [3.05, 3.63) is 214 Å². The van der Waals surface area contributed by atoms with Crippen LogP contribution >= 0.6 is 0 Å². The van der Waals surface area contributed by atoms with Crippen molar-refractivity contribution in [2.24, 2.45) is 0 Å². The van der Waals surface area contributed by atoms with Gasteiger partial charge in [-0.15, -0.1) is 0 Å². The summed E-state index contributed by atoms with van der Waals surface area (Å²) in [4.78, 5) is 5.11. The summed E-state index contributed by atoms with van der Waals surface area (Å²) in [6.45, 7) is 3.35. The van der Waals surface area contributed by atoms with Crippen LogP contribution in [-0.4, -0.2) is 31.6 Å². The molecule has 0 aromatic heterocycles. The van der Waals surface area contributed by atoms with E-state index in [0.717, 1.165) is 26.2 Å². The molecule has 6 aliphatic rings. The van der Waals surface area contributed by atoms with E-state index in [0.29, 0.717) is 0 Å². The van der Waals surface area contributed by atoms with Crippen LogP contribution in [0.3, 0.4) is 0 Å². The lowest BCUT2D eigenvalue weighted by molar-refractivity contribution is -0.578. The maximum atomic E-state index is 2.56. The van der Waals surface area contributed by atoms with Crippen molar-refractivity contribution in [2.45, 2.75) is 50.3 Å². The van der Waals surface area contributed by atoms with Gasteiger partial charge >= 0.3 is 0 Å². The van der Waals surface area contributed by atoms with Crippen LogP contribution in [0.4, 0.5) is 0 Å². The van der Waals surface area contributed by atoms with Gasteiger partial charge in [0.1, 0.15) is 26.2 Å². The lowest BCUT2D eigenvalue weighted by atomic mass is 9.92. The maximum Gasteiger partial charge on any atom is 0.236 e. The summed E-state index contributed by atoms with van der Waals surface area (Å²) < 4.78 is 5.11. The molecule has 0 unspecified atom stereocenters. The molecule has 0 radical (unpaired) electrons. The number of hydrogen-bond donors (Lipinski definition) is 0. The van der Waals surface area contributed by atoms with Gasteiger partial charge in [-0.25, -0.2) is 0 Å². The second-order valence-electron chi connectivity index (χ2n) is 14.0. The van der Waals surface area contributed by atoms with E-state index in [1.165, 1.54) is 44.5 Å². The first kappa shape index (κ1) is 30.3. The Kier molecular flexibility index (Phi) is 8.06. The molecule has 0 spiro atoms. The normalized spacial score (nSPS) is 21.4. The van der Waals surface area contributed by atoms with Crippen LogP contribution in [0, 0.1) is 0 Å². The molecule has 0 saturated carbocycles. The van der Waals surface area contributed by atoms with Crippen LogP contribution in [0.15, 0.2) is 170 Å². The van der Waals surface area contributed by atoms with Crippen LogP contribution in [0.1, 0.15) is 68.7 Å². The van der Waals surface area contributed by atoms with Crippen LogP contribution in [0.25, 0.3) is 0 Å². The van der Waals surface area contributed by atoms with Gasteiger partial charge in [0.15, 0.2) is 24.2 Å². The molecule has 6 aromatic carbocycles. The Labute approximate surface area is 295 Å². The highest BCUT2D eigenvalue weighted by Gasteiger charge is 2.45. The summed E-state index contributed by atoms with van der Waals surface area (Å²) in [5, 5.41) is 0. The standard InChI is InChI=1S/C46H42N4/c1-5-13-39(14-6-1)43-44(40-15-7-2-8-16-40)48-30-36-25-27-38(28-26-36)32-50-34-49(31-37-23-21-35(22-24-37)29-47(43)33-48)45(41-17-9-3-10-18-41)46(50)42-19-11-4-12-20-42/h1-28,33-34,43-46H,29-32H2/q+2/t43-,44-,45-,46-/m1/s1. The first-order valence-corrected chi connectivity index (χ1v) is 17.9. The van der Waals surface area contributed by atoms with Gasteiger partial charge in [0, 0.05) is 22.3 Å². The van der Waals surface area contributed by atoms with Crippen LogP contribution in [0.2, 0.25) is 0 Å². The Morgan fingerprint density at radius 1 is 0.340 bits per heavy atom. The first-order chi connectivity index (χ1) is 24.8. The average molecular weight is 651 g/mol. The van der Waals surface area contributed by atoms with Crippen LogP contribution in [0.5, 0.6) is 0 Å². The highest BCUT2D eigenvalue weighted by atomic mass is 15.3. The summed E-state index contributed by atoms with van der Waals surface area (Å²) in [5.74, 6) is 0. The largest absolute Gasteiger partial charge is 0.252 e. The zero-order chi connectivity index (χ0) is 33.3. The van der Waals surface area contributed by atoms with E-state index in [1.807, 2.05) is 0 Å². The van der Waals surface area contributed by atoms with Crippen molar-refractivity contribution in [2.75, 3.05) is 0 Å². The molecule has 244 valence electrons. The maximum absolute atomic E-state index is 2.56. The van der Waals surface area contributed by atoms with Gasteiger partial charge in [0.25, 0.3) is 0 Å². The third-order valence-electron chi connectivity index (χ3n) is 10.7. The van der Waals surface area contributed by atoms with Crippen molar-refractivity contribution in [3.8, 4) is 0 Å². The second-order valence-corrected chi connectivity index (χ2v) is 14.0. The molecule has 0 amide bonds. The van der Waals surface area contributed by atoms with Crippen molar-refractivity contribution in [1.82, 2.24) is 9.80 Å². The summed E-state index contributed by atoms with van der Waals surface area (Å²) in [6.07, 6.45) is 4.78. The minimum absolute atomic E-state index is 0.186. The third kappa shape index (κ3) is 5.92. The predicted octanol–water partition coefficient (Wildman–Crippen LogP) is 9.08. The van der Waals surface area contributed by atoms with Crippen LogP contribution in [-0.2, 0) is 26.2 Å². The van der Waals surface area contributed by atoms with Crippen molar-refractivity contribution in [1.29, 1.82) is 0 Å². The summed E-state index contributed by atoms with van der Waals surface area (Å²) >= 11 is 0. The molecule has 12 rings (SSSR count). The Hall–Kier alpha value is -5.74. The monoisotopic (exact) mass is 650 g/mol. The summed E-state index contributed by atoms with van der Waals surface area (Å²) in [7, 11) is 0. The molecule has 0 N–H and O–H groups in total. The number of hydrogen-bond acceptors (Lipinski definition) is 2. The smallest absolute Gasteiger partial charge is 0.236 e. The molecule has 0 fully saturated rings. The molecule has 4 atom stereocenters. The fraction of sp³-hybridized carbons (Fsp3) is 0.174. The Morgan fingerprint density at radius 2 is 0.640 bits per heavy atom. The van der Waals surface area contributed by atoms with Gasteiger partial charge in [-0.1, -0.05) is 170 Å². The van der Waals surface area contributed by atoms with E-state index >= 15 is 0 Å². The SMILES string of the molecule is C1=[N+]2Cc3ccc(cc3)CN3C=[N+](Cc4ccc(cc4)CN1[C@H](c1ccccc1)[C@H]2c1ccccc1)[C@H](c1ccccc1)[C@H]3c1ccccc1. The van der Waals surface area contributed by atoms with E-state index in [4.69, 9.17) is 0 Å². The van der Waals surface area contributed by atoms with Gasteiger partial charge in [0.2, 0.25) is 12.7 Å².